The normalized spacial score (nSPS) is 10.9. The Labute approximate surface area is 157 Å². The second-order valence-electron chi connectivity index (χ2n) is 5.96. The van der Waals surface area contributed by atoms with Gasteiger partial charge in [-0.1, -0.05) is 11.8 Å². The lowest BCUT2D eigenvalue weighted by molar-refractivity contribution is -0.384. The molecular weight excluding hydrogens is 364 g/mol. The van der Waals surface area contributed by atoms with Crippen molar-refractivity contribution in [3.05, 3.63) is 93.3 Å². The zero-order valence-electron chi connectivity index (χ0n) is 14.7. The Bertz CT molecular complexity index is 1140. The topological polar surface area (TPSA) is 82.2 Å². The summed E-state index contributed by atoms with van der Waals surface area (Å²) in [7, 11) is -3.65. The third kappa shape index (κ3) is 3.76. The number of aryl methyl sites for hydroxylation is 2. The molecular formula is C20H16N2O4S. The van der Waals surface area contributed by atoms with E-state index >= 15 is 0 Å². The van der Waals surface area contributed by atoms with Gasteiger partial charge in [-0.2, -0.15) is 0 Å². The predicted molar refractivity (Wildman–Crippen MR) is 102 cm³/mol. The van der Waals surface area contributed by atoms with Crippen LogP contribution in [0.25, 0.3) is 0 Å². The maximum Gasteiger partial charge on any atom is 0.269 e. The monoisotopic (exact) mass is 380 g/mol. The lowest BCUT2D eigenvalue weighted by atomic mass is 10.2. The van der Waals surface area contributed by atoms with Crippen LogP contribution in [0.5, 0.6) is 0 Å². The summed E-state index contributed by atoms with van der Waals surface area (Å²) >= 11 is 0. The van der Waals surface area contributed by atoms with E-state index in [-0.39, 0.29) is 10.6 Å². The standard InChI is InChI=1S/C20H16N2O4S/c1-15-3-4-16(2)21(15)27(25,26)20-13-9-18(10-14-20)6-5-17-7-11-19(12-8-17)22(23)24/h3-4,7-14H,1-2H3. The van der Waals surface area contributed by atoms with Gasteiger partial charge in [-0.25, -0.2) is 12.4 Å². The molecule has 0 saturated carbocycles. The zero-order chi connectivity index (χ0) is 19.6. The molecule has 3 rings (SSSR count). The van der Waals surface area contributed by atoms with E-state index in [0.717, 1.165) is 0 Å². The second-order valence-corrected chi connectivity index (χ2v) is 7.75. The molecule has 7 heteroatoms. The molecule has 0 spiro atoms. The van der Waals surface area contributed by atoms with E-state index in [1.807, 2.05) is 0 Å². The molecule has 0 bridgehead atoms. The van der Waals surface area contributed by atoms with E-state index < -0.39 is 14.9 Å². The molecule has 27 heavy (non-hydrogen) atoms. The Balaban J connectivity index is 1.85. The summed E-state index contributed by atoms with van der Waals surface area (Å²) in [5.41, 5.74) is 2.58. The number of nitro groups is 1. The first-order valence-electron chi connectivity index (χ1n) is 8.06. The van der Waals surface area contributed by atoms with Crippen molar-refractivity contribution in [2.24, 2.45) is 0 Å². The lowest BCUT2D eigenvalue weighted by Crippen LogP contribution is -2.15. The molecule has 3 aromatic rings. The highest BCUT2D eigenvalue weighted by Crippen LogP contribution is 2.19. The molecule has 0 radical (unpaired) electrons. The molecule has 0 unspecified atom stereocenters. The maximum absolute atomic E-state index is 12.8. The summed E-state index contributed by atoms with van der Waals surface area (Å²) in [6.07, 6.45) is 0. The minimum absolute atomic E-state index is 0.00529. The molecule has 0 aliphatic heterocycles. The minimum Gasteiger partial charge on any atom is -0.258 e. The van der Waals surface area contributed by atoms with Crippen molar-refractivity contribution in [2.45, 2.75) is 18.7 Å². The molecule has 1 aromatic heterocycles. The van der Waals surface area contributed by atoms with Crippen molar-refractivity contribution in [1.29, 1.82) is 0 Å². The number of nitro benzene ring substituents is 1. The van der Waals surface area contributed by atoms with Crippen LogP contribution in [-0.4, -0.2) is 17.3 Å². The van der Waals surface area contributed by atoms with Crippen LogP contribution >= 0.6 is 0 Å². The van der Waals surface area contributed by atoms with E-state index in [4.69, 9.17) is 0 Å². The molecule has 0 amide bonds. The fourth-order valence-electron chi connectivity index (χ4n) is 2.66. The van der Waals surface area contributed by atoms with E-state index in [2.05, 4.69) is 11.8 Å². The number of rotatable bonds is 3. The van der Waals surface area contributed by atoms with E-state index in [1.165, 1.54) is 28.2 Å². The highest BCUT2D eigenvalue weighted by atomic mass is 32.2. The highest BCUT2D eigenvalue weighted by molar-refractivity contribution is 7.90. The van der Waals surface area contributed by atoms with Crippen LogP contribution in [0.3, 0.4) is 0 Å². The third-order valence-corrected chi connectivity index (χ3v) is 5.95. The second kappa shape index (κ2) is 7.09. The maximum atomic E-state index is 12.8. The molecule has 1 heterocycles. The quantitative estimate of drug-likeness (QED) is 0.394. The van der Waals surface area contributed by atoms with Gasteiger partial charge in [0, 0.05) is 34.6 Å². The predicted octanol–water partition coefficient (Wildman–Crippen LogP) is 3.65. The summed E-state index contributed by atoms with van der Waals surface area (Å²) in [5, 5.41) is 10.7. The van der Waals surface area contributed by atoms with Gasteiger partial charge in [-0.15, -0.1) is 0 Å². The smallest absolute Gasteiger partial charge is 0.258 e. The van der Waals surface area contributed by atoms with Gasteiger partial charge in [0.1, 0.15) is 0 Å². The zero-order valence-corrected chi connectivity index (χ0v) is 15.5. The summed E-state index contributed by atoms with van der Waals surface area (Å²) in [6.45, 7) is 3.49. The van der Waals surface area contributed by atoms with Crippen molar-refractivity contribution >= 4 is 15.7 Å². The SMILES string of the molecule is Cc1ccc(C)n1S(=O)(=O)c1ccc(C#Cc2ccc([N+](=O)[O-])cc2)cc1. The molecule has 0 fully saturated rings. The van der Waals surface area contributed by atoms with Gasteiger partial charge in [-0.05, 0) is 62.4 Å². The van der Waals surface area contributed by atoms with Crippen LogP contribution in [0.1, 0.15) is 22.5 Å². The van der Waals surface area contributed by atoms with Crippen LogP contribution < -0.4 is 0 Å². The largest absolute Gasteiger partial charge is 0.269 e. The molecule has 0 aliphatic rings. The van der Waals surface area contributed by atoms with Crippen LogP contribution in [0.15, 0.2) is 65.6 Å². The Morgan fingerprint density at radius 1 is 0.815 bits per heavy atom. The van der Waals surface area contributed by atoms with Crippen molar-refractivity contribution in [2.75, 3.05) is 0 Å². The number of non-ortho nitro benzene ring substituents is 1. The van der Waals surface area contributed by atoms with E-state index in [9.17, 15) is 18.5 Å². The van der Waals surface area contributed by atoms with Crippen LogP contribution in [0.2, 0.25) is 0 Å². The summed E-state index contributed by atoms with van der Waals surface area (Å²) in [6, 6.07) is 15.8. The molecule has 2 aromatic carbocycles. The van der Waals surface area contributed by atoms with Gasteiger partial charge in [0.05, 0.1) is 9.82 Å². The first-order valence-corrected chi connectivity index (χ1v) is 9.50. The highest BCUT2D eigenvalue weighted by Gasteiger charge is 2.19. The fraction of sp³-hybridized carbons (Fsp3) is 0.100. The number of nitrogens with zero attached hydrogens (tertiary/aromatic N) is 2. The third-order valence-electron chi connectivity index (χ3n) is 4.03. The van der Waals surface area contributed by atoms with Crippen LogP contribution in [0, 0.1) is 35.8 Å². The van der Waals surface area contributed by atoms with Gasteiger partial charge in [0.15, 0.2) is 0 Å². The van der Waals surface area contributed by atoms with Crippen LogP contribution in [-0.2, 0) is 10.0 Å². The average molecular weight is 380 g/mol. The molecule has 136 valence electrons. The molecule has 0 saturated heterocycles. The van der Waals surface area contributed by atoms with Crippen LogP contribution in [0.4, 0.5) is 5.69 Å². The van der Waals surface area contributed by atoms with Crippen molar-refractivity contribution < 1.29 is 13.3 Å². The first-order chi connectivity index (χ1) is 12.8. The number of aromatic nitrogens is 1. The lowest BCUT2D eigenvalue weighted by Gasteiger charge is -2.10. The van der Waals surface area contributed by atoms with Gasteiger partial charge in [-0.3, -0.25) is 10.1 Å². The van der Waals surface area contributed by atoms with Crippen molar-refractivity contribution in [1.82, 2.24) is 3.97 Å². The Hall–Kier alpha value is -3.37. The van der Waals surface area contributed by atoms with Gasteiger partial charge in [0.2, 0.25) is 0 Å². The van der Waals surface area contributed by atoms with Crippen molar-refractivity contribution in [3.63, 3.8) is 0 Å². The Morgan fingerprint density at radius 2 is 1.26 bits per heavy atom. The summed E-state index contributed by atoms with van der Waals surface area (Å²) in [4.78, 5) is 10.4. The molecule has 6 nitrogen and oxygen atoms in total. The van der Waals surface area contributed by atoms with E-state index in [0.29, 0.717) is 22.5 Å². The molecule has 0 aliphatic carbocycles. The fourth-order valence-corrected chi connectivity index (χ4v) is 4.23. The van der Waals surface area contributed by atoms with E-state index in [1.54, 1.807) is 50.2 Å². The Kier molecular flexibility index (Phi) is 4.84. The molecule has 0 atom stereocenters. The van der Waals surface area contributed by atoms with Gasteiger partial charge < -0.3 is 0 Å². The van der Waals surface area contributed by atoms with Crippen molar-refractivity contribution in [3.8, 4) is 11.8 Å². The summed E-state index contributed by atoms with van der Waals surface area (Å²) < 4.78 is 26.9. The minimum atomic E-state index is -3.65. The Morgan fingerprint density at radius 3 is 1.70 bits per heavy atom. The first kappa shape index (κ1) is 18.4. The number of hydrogen-bond acceptors (Lipinski definition) is 4. The molecule has 0 N–H and O–H groups in total. The van der Waals surface area contributed by atoms with Gasteiger partial charge >= 0.3 is 0 Å². The van der Waals surface area contributed by atoms with Gasteiger partial charge in [0.25, 0.3) is 15.7 Å². The number of benzene rings is 2. The summed E-state index contributed by atoms with van der Waals surface area (Å²) in [5.74, 6) is 5.83. The number of hydrogen-bond donors (Lipinski definition) is 0. The average Bonchev–Trinajstić information content (AvgIpc) is 2.99.